The lowest BCUT2D eigenvalue weighted by Crippen LogP contribution is -2.20. The van der Waals surface area contributed by atoms with E-state index >= 15 is 0 Å². The molecule has 96 valence electrons. The molecule has 2 nitrogen and oxygen atoms in total. The van der Waals surface area contributed by atoms with Crippen molar-refractivity contribution in [3.05, 3.63) is 35.1 Å². The smallest absolute Gasteiger partial charge is 0.123 e. The van der Waals surface area contributed by atoms with Gasteiger partial charge in [-0.05, 0) is 49.1 Å². The van der Waals surface area contributed by atoms with Gasteiger partial charge in [0.2, 0.25) is 0 Å². The van der Waals surface area contributed by atoms with Crippen molar-refractivity contribution in [3.63, 3.8) is 0 Å². The number of likely N-dealkylation sites (tertiary alicyclic amines) is 1. The van der Waals surface area contributed by atoms with E-state index in [-0.39, 0.29) is 5.82 Å². The Bertz CT molecular complexity index is 450. The molecule has 1 unspecified atom stereocenters. The molecule has 0 N–H and O–H groups in total. The summed E-state index contributed by atoms with van der Waals surface area (Å²) in [6.07, 6.45) is 3.72. The molecule has 0 radical (unpaired) electrons. The highest BCUT2D eigenvalue weighted by molar-refractivity contribution is 5.37. The van der Waals surface area contributed by atoms with E-state index in [2.05, 4.69) is 17.9 Å². The molecule has 1 fully saturated rings. The molecular formula is C15H19FN2. The molecule has 1 heterocycles. The molecule has 3 heteroatoms. The van der Waals surface area contributed by atoms with Crippen LogP contribution in [0.3, 0.4) is 0 Å². The summed E-state index contributed by atoms with van der Waals surface area (Å²) in [5.41, 5.74) is 1.41. The van der Waals surface area contributed by atoms with E-state index in [0.29, 0.717) is 12.1 Å². The van der Waals surface area contributed by atoms with E-state index in [1.54, 1.807) is 6.07 Å². The van der Waals surface area contributed by atoms with Crippen LogP contribution in [0, 0.1) is 23.1 Å². The summed E-state index contributed by atoms with van der Waals surface area (Å²) < 4.78 is 13.2. The van der Waals surface area contributed by atoms with Crippen LogP contribution in [0.2, 0.25) is 0 Å². The number of nitriles is 1. The molecule has 0 aliphatic carbocycles. The SMILES string of the molecule is CCCC1CCN(Cc2cc(F)ccc2C#N)C1. The van der Waals surface area contributed by atoms with Crippen LogP contribution in [-0.2, 0) is 6.54 Å². The Balaban J connectivity index is 2.02. The first-order valence-corrected chi connectivity index (χ1v) is 6.63. The Morgan fingerprint density at radius 1 is 1.50 bits per heavy atom. The van der Waals surface area contributed by atoms with Crippen LogP contribution >= 0.6 is 0 Å². The quantitative estimate of drug-likeness (QED) is 0.815. The molecule has 1 aliphatic rings. The van der Waals surface area contributed by atoms with Gasteiger partial charge in [-0.25, -0.2) is 4.39 Å². The van der Waals surface area contributed by atoms with Gasteiger partial charge in [-0.1, -0.05) is 13.3 Å². The minimum absolute atomic E-state index is 0.256. The fraction of sp³-hybridized carbons (Fsp3) is 0.533. The average molecular weight is 246 g/mol. The number of benzene rings is 1. The Labute approximate surface area is 108 Å². The minimum atomic E-state index is -0.256. The first-order chi connectivity index (χ1) is 8.72. The van der Waals surface area contributed by atoms with Crippen molar-refractivity contribution in [3.8, 4) is 6.07 Å². The van der Waals surface area contributed by atoms with E-state index in [0.717, 1.165) is 24.6 Å². The second-order valence-corrected chi connectivity index (χ2v) is 5.09. The summed E-state index contributed by atoms with van der Waals surface area (Å²) in [7, 11) is 0. The van der Waals surface area contributed by atoms with Gasteiger partial charge in [0.1, 0.15) is 5.82 Å². The van der Waals surface area contributed by atoms with Crippen molar-refractivity contribution in [2.75, 3.05) is 13.1 Å². The third-order valence-corrected chi connectivity index (χ3v) is 3.65. The lowest BCUT2D eigenvalue weighted by Gasteiger charge is -2.16. The highest BCUT2D eigenvalue weighted by Crippen LogP contribution is 2.23. The molecule has 1 saturated heterocycles. The summed E-state index contributed by atoms with van der Waals surface area (Å²) in [4.78, 5) is 2.33. The second-order valence-electron chi connectivity index (χ2n) is 5.09. The molecule has 1 atom stereocenters. The van der Waals surface area contributed by atoms with Gasteiger partial charge in [0.05, 0.1) is 11.6 Å². The summed E-state index contributed by atoms with van der Waals surface area (Å²) in [5.74, 6) is 0.516. The highest BCUT2D eigenvalue weighted by Gasteiger charge is 2.22. The number of rotatable bonds is 4. The van der Waals surface area contributed by atoms with Gasteiger partial charge >= 0.3 is 0 Å². The zero-order valence-corrected chi connectivity index (χ0v) is 10.8. The van der Waals surface area contributed by atoms with Crippen LogP contribution in [0.25, 0.3) is 0 Å². The zero-order chi connectivity index (χ0) is 13.0. The Morgan fingerprint density at radius 2 is 2.33 bits per heavy atom. The van der Waals surface area contributed by atoms with E-state index in [9.17, 15) is 4.39 Å². The van der Waals surface area contributed by atoms with Crippen LogP contribution in [0.4, 0.5) is 4.39 Å². The van der Waals surface area contributed by atoms with E-state index in [1.807, 2.05) is 0 Å². The summed E-state index contributed by atoms with van der Waals surface area (Å²) in [6.45, 7) is 5.05. The number of hydrogen-bond donors (Lipinski definition) is 0. The number of nitrogens with zero attached hydrogens (tertiary/aromatic N) is 2. The largest absolute Gasteiger partial charge is 0.299 e. The van der Waals surface area contributed by atoms with Crippen molar-refractivity contribution in [1.82, 2.24) is 4.90 Å². The molecule has 0 aromatic heterocycles. The number of halogens is 1. The van der Waals surface area contributed by atoms with Crippen LogP contribution in [0.15, 0.2) is 18.2 Å². The van der Waals surface area contributed by atoms with Gasteiger partial charge in [-0.3, -0.25) is 4.90 Å². The molecule has 0 amide bonds. The maximum Gasteiger partial charge on any atom is 0.123 e. The van der Waals surface area contributed by atoms with E-state index in [4.69, 9.17) is 5.26 Å². The lowest BCUT2D eigenvalue weighted by molar-refractivity contribution is 0.312. The monoisotopic (exact) mass is 246 g/mol. The summed E-state index contributed by atoms with van der Waals surface area (Å²) >= 11 is 0. The third kappa shape index (κ3) is 3.08. The first-order valence-electron chi connectivity index (χ1n) is 6.63. The predicted octanol–water partition coefficient (Wildman–Crippen LogP) is 3.32. The van der Waals surface area contributed by atoms with Crippen molar-refractivity contribution < 1.29 is 4.39 Å². The van der Waals surface area contributed by atoms with Gasteiger partial charge in [-0.15, -0.1) is 0 Å². The highest BCUT2D eigenvalue weighted by atomic mass is 19.1. The molecule has 1 aromatic carbocycles. The van der Waals surface area contributed by atoms with Gasteiger partial charge in [0, 0.05) is 13.1 Å². The molecule has 0 spiro atoms. The van der Waals surface area contributed by atoms with Crippen molar-refractivity contribution >= 4 is 0 Å². The molecular weight excluding hydrogens is 227 g/mol. The standard InChI is InChI=1S/C15H19FN2/c1-2-3-12-6-7-18(10-12)11-14-8-15(16)5-4-13(14)9-17/h4-5,8,12H,2-3,6-7,10-11H2,1H3. The van der Waals surface area contributed by atoms with Crippen LogP contribution in [0.5, 0.6) is 0 Å². The summed E-state index contributed by atoms with van der Waals surface area (Å²) in [6, 6.07) is 6.56. The normalized spacial score (nSPS) is 19.9. The Morgan fingerprint density at radius 3 is 3.06 bits per heavy atom. The third-order valence-electron chi connectivity index (χ3n) is 3.65. The summed E-state index contributed by atoms with van der Waals surface area (Å²) in [5, 5.41) is 9.03. The topological polar surface area (TPSA) is 27.0 Å². The molecule has 1 aliphatic heterocycles. The molecule has 0 saturated carbocycles. The molecule has 0 bridgehead atoms. The van der Waals surface area contributed by atoms with Crippen LogP contribution in [-0.4, -0.2) is 18.0 Å². The average Bonchev–Trinajstić information content (AvgIpc) is 2.77. The minimum Gasteiger partial charge on any atom is -0.299 e. The van der Waals surface area contributed by atoms with Crippen molar-refractivity contribution in [1.29, 1.82) is 5.26 Å². The van der Waals surface area contributed by atoms with Crippen LogP contribution in [0.1, 0.15) is 37.3 Å². The number of hydrogen-bond acceptors (Lipinski definition) is 2. The fourth-order valence-electron chi connectivity index (χ4n) is 2.74. The van der Waals surface area contributed by atoms with Crippen molar-refractivity contribution in [2.45, 2.75) is 32.7 Å². The lowest BCUT2D eigenvalue weighted by atomic mass is 10.0. The predicted molar refractivity (Wildman–Crippen MR) is 69.4 cm³/mol. The maximum atomic E-state index is 13.2. The van der Waals surface area contributed by atoms with Gasteiger partial charge in [-0.2, -0.15) is 5.26 Å². The molecule has 2 rings (SSSR count). The van der Waals surface area contributed by atoms with E-state index in [1.165, 1.54) is 31.4 Å². The van der Waals surface area contributed by atoms with Crippen LogP contribution < -0.4 is 0 Å². The molecule has 18 heavy (non-hydrogen) atoms. The van der Waals surface area contributed by atoms with Gasteiger partial charge < -0.3 is 0 Å². The van der Waals surface area contributed by atoms with Gasteiger partial charge in [0.15, 0.2) is 0 Å². The Hall–Kier alpha value is -1.40. The van der Waals surface area contributed by atoms with Crippen molar-refractivity contribution in [2.24, 2.45) is 5.92 Å². The molecule has 1 aromatic rings. The fourth-order valence-corrected chi connectivity index (χ4v) is 2.74. The van der Waals surface area contributed by atoms with Gasteiger partial charge in [0.25, 0.3) is 0 Å². The zero-order valence-electron chi connectivity index (χ0n) is 10.8. The van der Waals surface area contributed by atoms with E-state index < -0.39 is 0 Å². The second kappa shape index (κ2) is 5.97. The maximum absolute atomic E-state index is 13.2. The Kier molecular flexibility index (Phi) is 4.33. The first kappa shape index (κ1) is 13.0.